The highest BCUT2D eigenvalue weighted by Crippen LogP contribution is 2.40. The van der Waals surface area contributed by atoms with Crippen LogP contribution in [0.3, 0.4) is 0 Å². The summed E-state index contributed by atoms with van der Waals surface area (Å²) in [6, 6.07) is 34.8. The summed E-state index contributed by atoms with van der Waals surface area (Å²) < 4.78 is 5.16. The molecule has 2 aliphatic heterocycles. The molecule has 204 valence electrons. The first kappa shape index (κ1) is 24.4. The molecule has 0 fully saturated rings. The summed E-state index contributed by atoms with van der Waals surface area (Å²) in [6.45, 7) is 4.79. The van der Waals surface area contributed by atoms with Gasteiger partial charge in [-0.15, -0.1) is 0 Å². The monoisotopic (exact) mass is 542 g/mol. The van der Waals surface area contributed by atoms with Crippen molar-refractivity contribution < 1.29 is 0 Å². The Balaban J connectivity index is 1.34. The van der Waals surface area contributed by atoms with Crippen molar-refractivity contribution in [2.24, 2.45) is 0 Å². The number of aryl methyl sites for hydroxylation is 2. The van der Waals surface area contributed by atoms with Crippen molar-refractivity contribution >= 4 is 66.7 Å². The van der Waals surface area contributed by atoms with Gasteiger partial charge in [0.1, 0.15) is 0 Å². The van der Waals surface area contributed by atoms with Gasteiger partial charge in [0.25, 0.3) is 6.71 Å². The Labute approximate surface area is 247 Å². The smallest absolute Gasteiger partial charge is 0.252 e. The van der Waals surface area contributed by atoms with Crippen LogP contribution in [0.1, 0.15) is 56.6 Å². The molecule has 0 saturated carbocycles. The minimum Gasteiger partial charge on any atom is -0.310 e. The number of fused-ring (bicyclic) bond motifs is 10. The largest absolute Gasteiger partial charge is 0.310 e. The molecule has 3 heteroatoms. The van der Waals surface area contributed by atoms with Gasteiger partial charge in [-0.3, -0.25) is 0 Å². The van der Waals surface area contributed by atoms with Crippen molar-refractivity contribution in [2.75, 3.05) is 0 Å². The number of aromatic nitrogens is 2. The van der Waals surface area contributed by atoms with Gasteiger partial charge in [-0.05, 0) is 71.5 Å². The Hall–Kier alpha value is -4.24. The van der Waals surface area contributed by atoms with E-state index in [4.69, 9.17) is 0 Å². The van der Waals surface area contributed by atoms with Crippen molar-refractivity contribution in [3.8, 4) is 11.4 Å². The average molecular weight is 543 g/mol. The Bertz CT molecular complexity index is 2210. The van der Waals surface area contributed by atoms with Crippen molar-refractivity contribution in [1.29, 1.82) is 0 Å². The number of nitrogens with zero attached hydrogens (tertiary/aromatic N) is 2. The van der Waals surface area contributed by atoms with Crippen LogP contribution in [0.4, 0.5) is 0 Å². The van der Waals surface area contributed by atoms with Gasteiger partial charge < -0.3 is 9.13 Å². The third-order valence-electron chi connectivity index (χ3n) is 10.2. The van der Waals surface area contributed by atoms with Gasteiger partial charge in [-0.1, -0.05) is 106 Å². The van der Waals surface area contributed by atoms with Crippen LogP contribution in [0.5, 0.6) is 0 Å². The van der Waals surface area contributed by atoms with E-state index in [0.717, 1.165) is 6.42 Å². The summed E-state index contributed by atoms with van der Waals surface area (Å²) in [5, 5.41) is 5.63. The molecular formula is C39H35BN2. The molecular weight excluding hydrogens is 507 g/mol. The fraction of sp³-hybridized carbons (Fsp3) is 0.231. The van der Waals surface area contributed by atoms with Gasteiger partial charge in [0.2, 0.25) is 0 Å². The maximum Gasteiger partial charge on any atom is 0.252 e. The number of para-hydroxylation sites is 2. The molecule has 0 bridgehead atoms. The lowest BCUT2D eigenvalue weighted by Crippen LogP contribution is -2.59. The van der Waals surface area contributed by atoms with Crippen LogP contribution in [0, 0.1) is 6.92 Å². The lowest BCUT2D eigenvalue weighted by molar-refractivity contribution is 0.608. The van der Waals surface area contributed by atoms with E-state index in [1.807, 2.05) is 0 Å². The number of hydrogen-bond donors (Lipinski definition) is 0. The number of benzene rings is 5. The normalized spacial score (nSPS) is 13.1. The average Bonchev–Trinajstić information content (AvgIpc) is 3.56. The summed E-state index contributed by atoms with van der Waals surface area (Å²) in [5.74, 6) is 0. The van der Waals surface area contributed by atoms with Crippen LogP contribution >= 0.6 is 0 Å². The van der Waals surface area contributed by atoms with E-state index in [0.29, 0.717) is 0 Å². The van der Waals surface area contributed by atoms with Crippen molar-refractivity contribution in [1.82, 2.24) is 9.13 Å². The standard InChI is InChI=1S/C39H35BN2/c1-3-4-5-6-7-8-14-26-22-24-30-39-36(26)28-16-10-12-18-32(28)42(39)34-20-13-19-33-37(34)40(30)29-23-21-25(2)35-27-15-9-11-17-31(27)41(33)38(29)35/h9-13,15-24H,3-8,14H2,1-2H3. The second-order valence-corrected chi connectivity index (χ2v) is 12.6. The molecule has 2 aliphatic rings. The third-order valence-corrected chi connectivity index (χ3v) is 10.2. The first-order valence-electron chi connectivity index (χ1n) is 16.0. The zero-order valence-corrected chi connectivity index (χ0v) is 24.6. The van der Waals surface area contributed by atoms with Crippen LogP contribution < -0.4 is 16.4 Å². The third kappa shape index (κ3) is 3.12. The van der Waals surface area contributed by atoms with E-state index < -0.39 is 0 Å². The second-order valence-electron chi connectivity index (χ2n) is 12.6. The number of unbranched alkanes of at least 4 members (excludes halogenated alkanes) is 5. The fourth-order valence-corrected chi connectivity index (χ4v) is 8.46. The van der Waals surface area contributed by atoms with Crippen LogP contribution in [-0.2, 0) is 6.42 Å². The predicted molar refractivity (Wildman–Crippen MR) is 182 cm³/mol. The molecule has 0 amide bonds. The van der Waals surface area contributed by atoms with Gasteiger partial charge in [0.15, 0.2) is 0 Å². The quantitative estimate of drug-likeness (QED) is 0.142. The lowest BCUT2D eigenvalue weighted by atomic mass is 9.34. The van der Waals surface area contributed by atoms with E-state index >= 15 is 0 Å². The molecule has 5 aromatic carbocycles. The maximum absolute atomic E-state index is 2.60. The zero-order valence-electron chi connectivity index (χ0n) is 24.6. The summed E-state index contributed by atoms with van der Waals surface area (Å²) in [5.41, 5.74) is 15.3. The van der Waals surface area contributed by atoms with Crippen LogP contribution in [0.15, 0.2) is 91.0 Å². The number of rotatable bonds is 7. The van der Waals surface area contributed by atoms with Gasteiger partial charge in [0, 0.05) is 44.0 Å². The van der Waals surface area contributed by atoms with Crippen molar-refractivity contribution in [2.45, 2.75) is 58.8 Å². The van der Waals surface area contributed by atoms with Crippen LogP contribution in [0.25, 0.3) is 55.0 Å². The molecule has 0 N–H and O–H groups in total. The molecule has 0 atom stereocenters. The maximum atomic E-state index is 2.60. The Kier molecular flexibility index (Phi) is 5.30. The SMILES string of the molecule is CCCCCCCCc1ccc2c3c1c1ccccc1n3-c1cccc3c1B2c1ccc(C)c2c4ccccc4n-3c12. The van der Waals surface area contributed by atoms with E-state index in [1.54, 1.807) is 0 Å². The Morgan fingerprint density at radius 2 is 1.17 bits per heavy atom. The molecule has 2 nitrogen and oxygen atoms in total. The molecule has 0 unspecified atom stereocenters. The summed E-state index contributed by atoms with van der Waals surface area (Å²) in [7, 11) is 0. The van der Waals surface area contributed by atoms with E-state index in [-0.39, 0.29) is 6.71 Å². The van der Waals surface area contributed by atoms with E-state index in [9.17, 15) is 0 Å². The van der Waals surface area contributed by atoms with Gasteiger partial charge in [-0.25, -0.2) is 0 Å². The highest BCUT2D eigenvalue weighted by molar-refractivity contribution is 7.00. The lowest BCUT2D eigenvalue weighted by Gasteiger charge is -2.33. The zero-order chi connectivity index (χ0) is 27.9. The summed E-state index contributed by atoms with van der Waals surface area (Å²) in [6.07, 6.45) is 9.13. The predicted octanol–water partition coefficient (Wildman–Crippen LogP) is 8.24. The molecule has 0 spiro atoms. The summed E-state index contributed by atoms with van der Waals surface area (Å²) in [4.78, 5) is 0. The topological polar surface area (TPSA) is 9.86 Å². The molecule has 42 heavy (non-hydrogen) atoms. The van der Waals surface area contributed by atoms with Gasteiger partial charge in [-0.2, -0.15) is 0 Å². The first-order valence-corrected chi connectivity index (χ1v) is 16.0. The molecule has 0 radical (unpaired) electrons. The molecule has 4 heterocycles. The van der Waals surface area contributed by atoms with Crippen LogP contribution in [-0.4, -0.2) is 15.8 Å². The van der Waals surface area contributed by atoms with Crippen molar-refractivity contribution in [3.63, 3.8) is 0 Å². The van der Waals surface area contributed by atoms with E-state index in [2.05, 4.69) is 114 Å². The van der Waals surface area contributed by atoms with Gasteiger partial charge >= 0.3 is 0 Å². The first-order chi connectivity index (χ1) is 20.8. The van der Waals surface area contributed by atoms with Crippen LogP contribution in [0.2, 0.25) is 0 Å². The summed E-state index contributed by atoms with van der Waals surface area (Å²) >= 11 is 0. The van der Waals surface area contributed by atoms with Crippen molar-refractivity contribution in [3.05, 3.63) is 102 Å². The minimum absolute atomic E-state index is 0.221. The molecule has 2 aromatic heterocycles. The Morgan fingerprint density at radius 3 is 1.88 bits per heavy atom. The molecule has 7 aromatic rings. The highest BCUT2D eigenvalue weighted by Gasteiger charge is 2.40. The van der Waals surface area contributed by atoms with Gasteiger partial charge in [0.05, 0.1) is 11.0 Å². The fourth-order valence-electron chi connectivity index (χ4n) is 8.46. The molecule has 9 rings (SSSR count). The number of hydrogen-bond acceptors (Lipinski definition) is 0. The molecule has 0 aliphatic carbocycles. The minimum atomic E-state index is 0.221. The highest BCUT2D eigenvalue weighted by atomic mass is 15.0. The Morgan fingerprint density at radius 1 is 0.571 bits per heavy atom. The molecule has 0 saturated heterocycles. The second kappa shape index (κ2) is 9.13. The van der Waals surface area contributed by atoms with E-state index in [1.165, 1.54) is 121 Å².